The van der Waals surface area contributed by atoms with Gasteiger partial charge in [-0.15, -0.1) is 0 Å². The van der Waals surface area contributed by atoms with Gasteiger partial charge in [0.25, 0.3) is 0 Å². The molecule has 2 atom stereocenters. The number of nitrogens with one attached hydrogen (secondary N) is 1. The quantitative estimate of drug-likeness (QED) is 0.666. The summed E-state index contributed by atoms with van der Waals surface area (Å²) in [6.45, 7) is 4.18. The van der Waals surface area contributed by atoms with E-state index in [1.165, 1.54) is 0 Å². The maximum absolute atomic E-state index is 9.78. The Labute approximate surface area is 155 Å². The second kappa shape index (κ2) is 9.02. The summed E-state index contributed by atoms with van der Waals surface area (Å²) in [7, 11) is 0. The van der Waals surface area contributed by atoms with E-state index in [1.54, 1.807) is 0 Å². The van der Waals surface area contributed by atoms with Crippen LogP contribution in [0.2, 0.25) is 0 Å². The van der Waals surface area contributed by atoms with Crippen LogP contribution in [0, 0.1) is 0 Å². The third kappa shape index (κ3) is 4.84. The fourth-order valence-electron chi connectivity index (χ4n) is 2.99. The Bertz CT molecular complexity index is 800. The molecule has 2 nitrogen and oxygen atoms in total. The monoisotopic (exact) mass is 343 g/mol. The number of anilines is 1. The van der Waals surface area contributed by atoms with E-state index in [0.29, 0.717) is 6.04 Å². The lowest BCUT2D eigenvalue weighted by Gasteiger charge is -2.17. The van der Waals surface area contributed by atoms with Gasteiger partial charge in [-0.2, -0.15) is 0 Å². The van der Waals surface area contributed by atoms with Gasteiger partial charge in [-0.1, -0.05) is 85.5 Å². The van der Waals surface area contributed by atoms with E-state index in [2.05, 4.69) is 60.5 Å². The molecule has 0 bridgehead atoms. The number of benzene rings is 2. The van der Waals surface area contributed by atoms with Gasteiger partial charge in [0.15, 0.2) is 0 Å². The van der Waals surface area contributed by atoms with Gasteiger partial charge in [0.1, 0.15) is 0 Å². The van der Waals surface area contributed by atoms with Crippen molar-refractivity contribution in [1.29, 1.82) is 0 Å². The highest BCUT2D eigenvalue weighted by Gasteiger charge is 2.09. The van der Waals surface area contributed by atoms with Gasteiger partial charge in [0, 0.05) is 17.6 Å². The SMILES string of the molecule is C=C(/C=C\C(CO)c1ccc(N[C@@H]2C=CC=CC2)cc1)c1ccccc1. The van der Waals surface area contributed by atoms with E-state index in [0.717, 1.165) is 28.8 Å². The van der Waals surface area contributed by atoms with Crippen molar-refractivity contribution in [2.45, 2.75) is 18.4 Å². The van der Waals surface area contributed by atoms with Crippen molar-refractivity contribution in [3.8, 4) is 0 Å². The summed E-state index contributed by atoms with van der Waals surface area (Å²) in [5.74, 6) is -0.0398. The molecule has 0 saturated carbocycles. The molecule has 2 aromatic rings. The summed E-state index contributed by atoms with van der Waals surface area (Å²) < 4.78 is 0. The average Bonchev–Trinajstić information content (AvgIpc) is 2.71. The lowest BCUT2D eigenvalue weighted by molar-refractivity contribution is 0.283. The van der Waals surface area contributed by atoms with Crippen molar-refractivity contribution < 1.29 is 5.11 Å². The smallest absolute Gasteiger partial charge is 0.0534 e. The first-order valence-electron chi connectivity index (χ1n) is 8.99. The molecule has 0 spiro atoms. The lowest BCUT2D eigenvalue weighted by atomic mass is 9.97. The summed E-state index contributed by atoms with van der Waals surface area (Å²) in [6.07, 6.45) is 13.5. The molecule has 1 aliphatic rings. The van der Waals surface area contributed by atoms with Crippen LogP contribution in [0.1, 0.15) is 23.5 Å². The van der Waals surface area contributed by atoms with Crippen LogP contribution in [0.3, 0.4) is 0 Å². The molecular weight excluding hydrogens is 318 g/mol. The average molecular weight is 343 g/mol. The molecule has 2 heteroatoms. The summed E-state index contributed by atoms with van der Waals surface area (Å²) >= 11 is 0. The normalized spacial score (nSPS) is 17.3. The first-order valence-corrected chi connectivity index (χ1v) is 8.99. The van der Waals surface area contributed by atoms with Crippen molar-refractivity contribution in [1.82, 2.24) is 0 Å². The van der Waals surface area contributed by atoms with E-state index < -0.39 is 0 Å². The molecular formula is C24H25NO. The standard InChI is InChI=1S/C24H25NO/c1-19(20-8-4-2-5-9-20)12-13-22(18-26)21-14-16-24(17-15-21)25-23-10-6-3-7-11-23/h2-10,12-17,22-23,25-26H,1,11,18H2/b13-12-/t22?,23-/m1/s1. The van der Waals surface area contributed by atoms with E-state index >= 15 is 0 Å². The lowest BCUT2D eigenvalue weighted by Crippen LogP contribution is -2.16. The number of aliphatic hydroxyl groups excluding tert-OH is 1. The highest BCUT2D eigenvalue weighted by Crippen LogP contribution is 2.22. The predicted molar refractivity (Wildman–Crippen MR) is 111 cm³/mol. The molecule has 2 aromatic carbocycles. The molecule has 1 aliphatic carbocycles. The molecule has 0 aliphatic heterocycles. The van der Waals surface area contributed by atoms with Crippen molar-refractivity contribution in [3.63, 3.8) is 0 Å². The van der Waals surface area contributed by atoms with Gasteiger partial charge < -0.3 is 10.4 Å². The molecule has 132 valence electrons. The fourth-order valence-corrected chi connectivity index (χ4v) is 2.99. The second-order valence-electron chi connectivity index (χ2n) is 6.46. The third-order valence-corrected chi connectivity index (χ3v) is 4.54. The zero-order valence-corrected chi connectivity index (χ0v) is 14.9. The minimum absolute atomic E-state index is 0.0398. The Hall–Kier alpha value is -2.84. The molecule has 0 aromatic heterocycles. The molecule has 0 amide bonds. The van der Waals surface area contributed by atoms with Crippen molar-refractivity contribution in [2.24, 2.45) is 0 Å². The first kappa shape index (κ1) is 18.0. The Morgan fingerprint density at radius 3 is 2.54 bits per heavy atom. The Balaban J connectivity index is 1.64. The highest BCUT2D eigenvalue weighted by molar-refractivity contribution is 5.72. The Morgan fingerprint density at radius 2 is 1.88 bits per heavy atom. The number of rotatable bonds is 7. The van der Waals surface area contributed by atoms with E-state index in [1.807, 2.05) is 42.5 Å². The van der Waals surface area contributed by atoms with Crippen LogP contribution in [-0.2, 0) is 0 Å². The molecule has 2 N–H and O–H groups in total. The zero-order valence-electron chi connectivity index (χ0n) is 14.9. The molecule has 1 unspecified atom stereocenters. The minimum Gasteiger partial charge on any atom is -0.395 e. The number of allylic oxidation sites excluding steroid dienone is 4. The number of aliphatic hydroxyl groups is 1. The zero-order chi connectivity index (χ0) is 18.2. The largest absolute Gasteiger partial charge is 0.395 e. The topological polar surface area (TPSA) is 32.3 Å². The summed E-state index contributed by atoms with van der Waals surface area (Å²) in [5.41, 5.74) is 4.22. The van der Waals surface area contributed by atoms with Gasteiger partial charge in [-0.3, -0.25) is 0 Å². The minimum atomic E-state index is -0.0398. The van der Waals surface area contributed by atoms with Crippen LogP contribution in [-0.4, -0.2) is 17.8 Å². The van der Waals surface area contributed by atoms with Crippen molar-refractivity contribution in [2.75, 3.05) is 11.9 Å². The second-order valence-corrected chi connectivity index (χ2v) is 6.46. The Morgan fingerprint density at radius 1 is 1.12 bits per heavy atom. The Kier molecular flexibility index (Phi) is 6.24. The van der Waals surface area contributed by atoms with E-state index in [9.17, 15) is 5.11 Å². The molecule has 0 radical (unpaired) electrons. The van der Waals surface area contributed by atoms with Gasteiger partial charge in [0.05, 0.1) is 6.61 Å². The van der Waals surface area contributed by atoms with Gasteiger partial charge in [-0.25, -0.2) is 0 Å². The summed E-state index contributed by atoms with van der Waals surface area (Å²) in [4.78, 5) is 0. The maximum Gasteiger partial charge on any atom is 0.0534 e. The number of hydrogen-bond donors (Lipinski definition) is 2. The van der Waals surface area contributed by atoms with Crippen LogP contribution >= 0.6 is 0 Å². The van der Waals surface area contributed by atoms with Crippen LogP contribution in [0.25, 0.3) is 5.57 Å². The van der Waals surface area contributed by atoms with Crippen LogP contribution in [0.4, 0.5) is 5.69 Å². The van der Waals surface area contributed by atoms with Crippen LogP contribution in [0.5, 0.6) is 0 Å². The van der Waals surface area contributed by atoms with Gasteiger partial charge in [0.2, 0.25) is 0 Å². The van der Waals surface area contributed by atoms with Crippen molar-refractivity contribution >= 4 is 11.3 Å². The molecule has 26 heavy (non-hydrogen) atoms. The van der Waals surface area contributed by atoms with Crippen LogP contribution < -0.4 is 5.32 Å². The molecule has 0 fully saturated rings. The number of hydrogen-bond acceptors (Lipinski definition) is 2. The molecule has 0 heterocycles. The third-order valence-electron chi connectivity index (χ3n) is 4.54. The maximum atomic E-state index is 9.78. The summed E-state index contributed by atoms with van der Waals surface area (Å²) in [6, 6.07) is 18.7. The summed E-state index contributed by atoms with van der Waals surface area (Å²) in [5, 5.41) is 13.3. The first-order chi connectivity index (χ1) is 12.8. The van der Waals surface area contributed by atoms with E-state index in [4.69, 9.17) is 0 Å². The van der Waals surface area contributed by atoms with Gasteiger partial charge in [-0.05, 0) is 35.3 Å². The highest BCUT2D eigenvalue weighted by atomic mass is 16.3. The van der Waals surface area contributed by atoms with Crippen molar-refractivity contribution in [3.05, 3.63) is 109 Å². The van der Waals surface area contributed by atoms with Gasteiger partial charge >= 0.3 is 0 Å². The molecule has 0 saturated heterocycles. The fraction of sp³-hybridized carbons (Fsp3) is 0.167. The van der Waals surface area contributed by atoms with E-state index in [-0.39, 0.29) is 12.5 Å². The van der Waals surface area contributed by atoms with Crippen LogP contribution in [0.15, 0.2) is 97.6 Å². The molecule has 3 rings (SSSR count). The predicted octanol–water partition coefficient (Wildman–Crippen LogP) is 5.33.